The molecule has 0 aliphatic carbocycles. The molecule has 0 radical (unpaired) electrons. The van der Waals surface area contributed by atoms with E-state index in [1.165, 1.54) is 23.1 Å². The molecular formula is C25H28Cl2N4O3. The van der Waals surface area contributed by atoms with Crippen molar-refractivity contribution in [3.8, 4) is 0 Å². The van der Waals surface area contributed by atoms with Crippen LogP contribution in [0.5, 0.6) is 0 Å². The molecular weight excluding hydrogens is 475 g/mol. The highest BCUT2D eigenvalue weighted by atomic mass is 35.5. The molecule has 0 aliphatic heterocycles. The Kier molecular flexibility index (Phi) is 9.10. The zero-order valence-electron chi connectivity index (χ0n) is 19.1. The maximum atomic E-state index is 13.1. The van der Waals surface area contributed by atoms with Crippen molar-refractivity contribution in [1.29, 1.82) is 0 Å². The molecule has 9 heteroatoms. The highest BCUT2D eigenvalue weighted by Crippen LogP contribution is 2.21. The topological polar surface area (TPSA) is 87.5 Å². The first-order valence-electron chi connectivity index (χ1n) is 11.0. The summed E-state index contributed by atoms with van der Waals surface area (Å²) in [5, 5.41) is 13.0. The molecule has 1 aromatic heterocycles. The number of carbonyl (C=O) groups excluding carboxylic acids is 2. The summed E-state index contributed by atoms with van der Waals surface area (Å²) >= 11 is 12.0. The molecule has 1 heterocycles. The Labute approximate surface area is 209 Å². The lowest BCUT2D eigenvalue weighted by Gasteiger charge is -2.31. The first-order valence-corrected chi connectivity index (χ1v) is 11.7. The fraction of sp³-hybridized carbons (Fsp3) is 0.320. The Hall–Kier alpha value is -2.87. The normalized spacial score (nSPS) is 11.9. The molecule has 2 N–H and O–H groups in total. The van der Waals surface area contributed by atoms with Gasteiger partial charge in [-0.05, 0) is 29.7 Å². The molecule has 3 aromatic rings. The molecule has 0 saturated carbocycles. The molecule has 1 atom stereocenters. The Balaban J connectivity index is 1.72. The van der Waals surface area contributed by atoms with E-state index in [9.17, 15) is 14.7 Å². The number of carbonyl (C=O) groups is 2. The summed E-state index contributed by atoms with van der Waals surface area (Å²) in [5.74, 6) is -0.520. The fourth-order valence-electron chi connectivity index (χ4n) is 3.61. The van der Waals surface area contributed by atoms with Crippen LogP contribution >= 0.6 is 23.2 Å². The molecule has 0 saturated heterocycles. The molecule has 0 aliphatic rings. The fourth-order valence-corrected chi connectivity index (χ4v) is 4.10. The summed E-state index contributed by atoms with van der Waals surface area (Å²) in [6.45, 7) is 4.66. The number of aliphatic hydroxyl groups excluding tert-OH is 1. The van der Waals surface area contributed by atoms with E-state index in [0.29, 0.717) is 24.5 Å². The van der Waals surface area contributed by atoms with Crippen molar-refractivity contribution in [3.05, 3.63) is 87.9 Å². The number of imide groups is 1. The first-order chi connectivity index (χ1) is 16.3. The lowest BCUT2D eigenvalue weighted by atomic mass is 10.1. The number of benzene rings is 2. The average Bonchev–Trinajstić information content (AvgIpc) is 3.23. The summed E-state index contributed by atoms with van der Waals surface area (Å²) in [5.41, 5.74) is 2.03. The second-order valence-corrected chi connectivity index (χ2v) is 9.34. The molecule has 3 amide bonds. The number of halogens is 2. The van der Waals surface area contributed by atoms with Gasteiger partial charge in [0.05, 0.1) is 35.3 Å². The number of nitrogens with zero attached hydrogens (tertiary/aromatic N) is 3. The van der Waals surface area contributed by atoms with Crippen LogP contribution in [0, 0.1) is 5.92 Å². The van der Waals surface area contributed by atoms with Gasteiger partial charge in [-0.25, -0.2) is 9.78 Å². The van der Waals surface area contributed by atoms with E-state index in [0.717, 1.165) is 11.3 Å². The smallest absolute Gasteiger partial charge is 0.324 e. The third-order valence-corrected chi connectivity index (χ3v) is 5.76. The minimum atomic E-state index is -0.635. The molecule has 2 aromatic carbocycles. The molecule has 3 rings (SSSR count). The number of aromatic nitrogens is 2. The Bertz CT molecular complexity index is 1120. The predicted molar refractivity (Wildman–Crippen MR) is 133 cm³/mol. The Morgan fingerprint density at radius 1 is 1.15 bits per heavy atom. The largest absolute Gasteiger partial charge is 0.394 e. The summed E-state index contributed by atoms with van der Waals surface area (Å²) in [6.07, 6.45) is 3.98. The van der Waals surface area contributed by atoms with Gasteiger partial charge >= 0.3 is 6.03 Å². The van der Waals surface area contributed by atoms with Crippen LogP contribution in [0.4, 0.5) is 4.79 Å². The van der Waals surface area contributed by atoms with Crippen LogP contribution in [0.1, 0.15) is 35.5 Å². The standard InChI is InChI=1S/C25H28Cl2N4O3/c1-17(2)12-31(25(34)29-24(33)22-9-8-19(26)10-23(22)27)21(15-32)11-20-14-30(16-28-20)13-18-6-4-3-5-7-18/h3-10,14,16-17,21,32H,11-13,15H2,1-2H3,(H,29,33,34)/t21-/m0/s1. The Morgan fingerprint density at radius 3 is 2.53 bits per heavy atom. The quantitative estimate of drug-likeness (QED) is 0.445. The molecule has 7 nitrogen and oxygen atoms in total. The predicted octanol–water partition coefficient (Wildman–Crippen LogP) is 4.65. The van der Waals surface area contributed by atoms with Crippen LogP contribution in [-0.2, 0) is 13.0 Å². The maximum Gasteiger partial charge on any atom is 0.324 e. The number of hydrogen-bond acceptors (Lipinski definition) is 4. The zero-order chi connectivity index (χ0) is 24.7. The first kappa shape index (κ1) is 25.7. The van der Waals surface area contributed by atoms with Gasteiger partial charge in [0.15, 0.2) is 0 Å². The third kappa shape index (κ3) is 7.06. The van der Waals surface area contributed by atoms with E-state index in [4.69, 9.17) is 23.2 Å². The van der Waals surface area contributed by atoms with Gasteiger partial charge in [0.2, 0.25) is 0 Å². The number of aliphatic hydroxyl groups is 1. The van der Waals surface area contributed by atoms with Gasteiger partial charge < -0.3 is 14.6 Å². The summed E-state index contributed by atoms with van der Waals surface area (Å²) in [7, 11) is 0. The minimum absolute atomic E-state index is 0.115. The maximum absolute atomic E-state index is 13.1. The molecule has 34 heavy (non-hydrogen) atoms. The van der Waals surface area contributed by atoms with Gasteiger partial charge in [-0.15, -0.1) is 0 Å². The number of hydrogen-bond donors (Lipinski definition) is 2. The van der Waals surface area contributed by atoms with Crippen LogP contribution in [0.25, 0.3) is 0 Å². The molecule has 0 unspecified atom stereocenters. The van der Waals surface area contributed by atoms with E-state index >= 15 is 0 Å². The number of amides is 3. The summed E-state index contributed by atoms with van der Waals surface area (Å²) in [4.78, 5) is 31.6. The van der Waals surface area contributed by atoms with Crippen LogP contribution in [0.3, 0.4) is 0 Å². The van der Waals surface area contributed by atoms with Crippen molar-refractivity contribution in [2.24, 2.45) is 5.92 Å². The molecule has 0 spiro atoms. The Morgan fingerprint density at radius 2 is 1.88 bits per heavy atom. The van der Waals surface area contributed by atoms with Gasteiger partial charge in [0.1, 0.15) is 0 Å². The second kappa shape index (κ2) is 12.0. The van der Waals surface area contributed by atoms with Crippen molar-refractivity contribution in [2.75, 3.05) is 13.2 Å². The van der Waals surface area contributed by atoms with Gasteiger partial charge in [-0.3, -0.25) is 10.1 Å². The van der Waals surface area contributed by atoms with Gasteiger partial charge in [0.25, 0.3) is 5.91 Å². The summed E-state index contributed by atoms with van der Waals surface area (Å²) in [6, 6.07) is 13.3. The molecule has 0 bridgehead atoms. The number of nitrogens with one attached hydrogen (secondary N) is 1. The van der Waals surface area contributed by atoms with Crippen molar-refractivity contribution in [2.45, 2.75) is 32.9 Å². The van der Waals surface area contributed by atoms with Crippen molar-refractivity contribution < 1.29 is 14.7 Å². The van der Waals surface area contributed by atoms with E-state index in [2.05, 4.69) is 10.3 Å². The third-order valence-electron chi connectivity index (χ3n) is 5.21. The van der Waals surface area contributed by atoms with E-state index in [-0.39, 0.29) is 23.1 Å². The summed E-state index contributed by atoms with van der Waals surface area (Å²) < 4.78 is 1.96. The lowest BCUT2D eigenvalue weighted by Crippen LogP contribution is -2.51. The number of urea groups is 1. The van der Waals surface area contributed by atoms with Crippen LogP contribution in [0.2, 0.25) is 10.0 Å². The SMILES string of the molecule is CC(C)CN(C(=O)NC(=O)c1ccc(Cl)cc1Cl)[C@H](CO)Cc1cn(Cc2ccccc2)cn1. The lowest BCUT2D eigenvalue weighted by molar-refractivity contribution is 0.0915. The zero-order valence-corrected chi connectivity index (χ0v) is 20.6. The van der Waals surface area contributed by atoms with Crippen LogP contribution in [-0.4, -0.2) is 50.7 Å². The van der Waals surface area contributed by atoms with E-state index in [1.54, 1.807) is 6.33 Å². The van der Waals surface area contributed by atoms with Crippen LogP contribution < -0.4 is 5.32 Å². The second-order valence-electron chi connectivity index (χ2n) is 8.49. The van der Waals surface area contributed by atoms with Gasteiger partial charge in [-0.2, -0.15) is 0 Å². The number of imidazole rings is 1. The van der Waals surface area contributed by atoms with Crippen molar-refractivity contribution in [1.82, 2.24) is 19.8 Å². The molecule has 180 valence electrons. The minimum Gasteiger partial charge on any atom is -0.394 e. The van der Waals surface area contributed by atoms with Crippen molar-refractivity contribution in [3.63, 3.8) is 0 Å². The average molecular weight is 503 g/mol. The number of rotatable bonds is 9. The highest BCUT2D eigenvalue weighted by molar-refractivity contribution is 6.37. The highest BCUT2D eigenvalue weighted by Gasteiger charge is 2.27. The van der Waals surface area contributed by atoms with Crippen LogP contribution in [0.15, 0.2) is 61.1 Å². The van der Waals surface area contributed by atoms with E-state index < -0.39 is 18.0 Å². The van der Waals surface area contributed by atoms with Gasteiger partial charge in [0, 0.05) is 30.7 Å². The monoisotopic (exact) mass is 502 g/mol. The van der Waals surface area contributed by atoms with Crippen molar-refractivity contribution >= 4 is 35.1 Å². The van der Waals surface area contributed by atoms with Gasteiger partial charge in [-0.1, -0.05) is 67.4 Å². The molecule has 0 fully saturated rings. The van der Waals surface area contributed by atoms with E-state index in [1.807, 2.05) is 54.9 Å².